The van der Waals surface area contributed by atoms with Gasteiger partial charge in [-0.25, -0.2) is 0 Å². The van der Waals surface area contributed by atoms with E-state index in [0.29, 0.717) is 6.54 Å². The van der Waals surface area contributed by atoms with Crippen LogP contribution in [0.4, 0.5) is 0 Å². The van der Waals surface area contributed by atoms with Crippen LogP contribution in [0.15, 0.2) is 12.1 Å². The average Bonchev–Trinajstić information content (AvgIpc) is 2.51. The molecule has 0 aromatic carbocycles. The summed E-state index contributed by atoms with van der Waals surface area (Å²) in [5.41, 5.74) is 0. The molecular weight excluding hydrogens is 229 g/mol. The summed E-state index contributed by atoms with van der Waals surface area (Å²) >= 11 is 12.7. The minimum atomic E-state index is -0.475. The van der Waals surface area contributed by atoms with Gasteiger partial charge in [0.25, 0.3) is 0 Å². The summed E-state index contributed by atoms with van der Waals surface area (Å²) in [6.07, 6.45) is -0.475. The van der Waals surface area contributed by atoms with Gasteiger partial charge in [0.1, 0.15) is 0 Å². The van der Waals surface area contributed by atoms with E-state index in [1.807, 2.05) is 12.1 Å². The Balaban J connectivity index is 2.20. The lowest BCUT2D eigenvalue weighted by Gasteiger charge is -2.06. The van der Waals surface area contributed by atoms with E-state index in [1.165, 1.54) is 11.3 Å². The highest BCUT2D eigenvalue weighted by atomic mass is 35.5. The van der Waals surface area contributed by atoms with Crippen molar-refractivity contribution in [3.05, 3.63) is 21.3 Å². The van der Waals surface area contributed by atoms with Gasteiger partial charge < -0.3 is 10.4 Å². The molecule has 0 aliphatic carbocycles. The first kappa shape index (κ1) is 11.3. The molecule has 1 atom stereocenters. The molecule has 0 aliphatic heterocycles. The van der Waals surface area contributed by atoms with Crippen molar-refractivity contribution in [3.63, 3.8) is 0 Å². The van der Waals surface area contributed by atoms with Crippen molar-refractivity contribution in [1.82, 2.24) is 5.32 Å². The minimum Gasteiger partial charge on any atom is -0.391 e. The second kappa shape index (κ2) is 5.83. The van der Waals surface area contributed by atoms with E-state index in [9.17, 15) is 0 Å². The maximum Gasteiger partial charge on any atom is 0.0931 e. The monoisotopic (exact) mass is 239 g/mol. The maximum atomic E-state index is 9.12. The van der Waals surface area contributed by atoms with Crippen LogP contribution in [0.2, 0.25) is 4.34 Å². The van der Waals surface area contributed by atoms with Gasteiger partial charge >= 0.3 is 0 Å². The van der Waals surface area contributed by atoms with Gasteiger partial charge in [0.05, 0.1) is 10.4 Å². The number of hydrogen-bond donors (Lipinski definition) is 2. The predicted molar refractivity (Wildman–Crippen MR) is 57.8 cm³/mol. The maximum absolute atomic E-state index is 9.12. The van der Waals surface area contributed by atoms with Gasteiger partial charge in [-0.05, 0) is 12.1 Å². The largest absolute Gasteiger partial charge is 0.391 e. The van der Waals surface area contributed by atoms with E-state index in [-0.39, 0.29) is 5.88 Å². The Hall–Kier alpha value is 0.200. The third-order valence-electron chi connectivity index (χ3n) is 1.49. The van der Waals surface area contributed by atoms with Crippen molar-refractivity contribution < 1.29 is 5.11 Å². The van der Waals surface area contributed by atoms with Crippen LogP contribution in [0, 0.1) is 0 Å². The summed E-state index contributed by atoms with van der Waals surface area (Å²) in [7, 11) is 0. The molecule has 74 valence electrons. The molecule has 0 unspecified atom stereocenters. The first-order chi connectivity index (χ1) is 6.22. The number of halogens is 2. The third-order valence-corrected chi connectivity index (χ3v) is 3.07. The fourth-order valence-corrected chi connectivity index (χ4v) is 2.03. The fraction of sp³-hybridized carbons (Fsp3) is 0.500. The van der Waals surface area contributed by atoms with E-state index in [1.54, 1.807) is 0 Å². The number of rotatable bonds is 5. The Morgan fingerprint density at radius 2 is 2.31 bits per heavy atom. The van der Waals surface area contributed by atoms with Gasteiger partial charge in [-0.15, -0.1) is 22.9 Å². The van der Waals surface area contributed by atoms with E-state index < -0.39 is 6.10 Å². The topological polar surface area (TPSA) is 32.3 Å². The number of thiophene rings is 1. The molecule has 1 heterocycles. The molecule has 13 heavy (non-hydrogen) atoms. The summed E-state index contributed by atoms with van der Waals surface area (Å²) in [6.45, 7) is 1.24. The molecule has 0 fully saturated rings. The van der Waals surface area contributed by atoms with Crippen LogP contribution in [0.3, 0.4) is 0 Å². The molecule has 0 radical (unpaired) electrons. The number of aliphatic hydroxyl groups excluding tert-OH is 1. The van der Waals surface area contributed by atoms with Crippen molar-refractivity contribution >= 4 is 34.5 Å². The number of hydrogen-bond acceptors (Lipinski definition) is 3. The summed E-state index contributed by atoms with van der Waals surface area (Å²) < 4.78 is 0.787. The molecule has 0 bridgehead atoms. The summed E-state index contributed by atoms with van der Waals surface area (Å²) in [6, 6.07) is 3.83. The Morgan fingerprint density at radius 3 is 2.85 bits per heavy atom. The van der Waals surface area contributed by atoms with Crippen molar-refractivity contribution in [2.75, 3.05) is 12.4 Å². The van der Waals surface area contributed by atoms with Gasteiger partial charge in [0, 0.05) is 23.8 Å². The van der Waals surface area contributed by atoms with Crippen LogP contribution in [0.1, 0.15) is 4.88 Å². The second-order valence-corrected chi connectivity index (χ2v) is 4.75. The lowest BCUT2D eigenvalue weighted by Crippen LogP contribution is -2.27. The van der Waals surface area contributed by atoms with Gasteiger partial charge in [0.15, 0.2) is 0 Å². The Morgan fingerprint density at radius 1 is 1.54 bits per heavy atom. The smallest absolute Gasteiger partial charge is 0.0931 e. The average molecular weight is 240 g/mol. The van der Waals surface area contributed by atoms with Gasteiger partial charge in [0.2, 0.25) is 0 Å². The fourth-order valence-electron chi connectivity index (χ4n) is 0.863. The zero-order valence-corrected chi connectivity index (χ0v) is 9.29. The molecule has 2 nitrogen and oxygen atoms in total. The zero-order valence-electron chi connectivity index (χ0n) is 6.96. The zero-order chi connectivity index (χ0) is 9.68. The molecule has 0 amide bonds. The van der Waals surface area contributed by atoms with Crippen LogP contribution in [0.25, 0.3) is 0 Å². The standard InChI is InChI=1S/C8H11Cl2NOS/c9-3-6(12)4-11-5-7-1-2-8(10)13-7/h1-2,6,11-12H,3-5H2/t6-/m1/s1. The molecule has 0 aliphatic rings. The first-order valence-electron chi connectivity index (χ1n) is 3.91. The summed E-state index contributed by atoms with van der Waals surface area (Å²) in [4.78, 5) is 1.16. The molecule has 1 rings (SSSR count). The van der Waals surface area contributed by atoms with E-state index in [0.717, 1.165) is 15.8 Å². The van der Waals surface area contributed by atoms with Crippen molar-refractivity contribution in [1.29, 1.82) is 0 Å². The molecule has 0 spiro atoms. The van der Waals surface area contributed by atoms with Crippen LogP contribution in [0.5, 0.6) is 0 Å². The van der Waals surface area contributed by atoms with Gasteiger partial charge in [-0.3, -0.25) is 0 Å². The van der Waals surface area contributed by atoms with Crippen molar-refractivity contribution in [3.8, 4) is 0 Å². The quantitative estimate of drug-likeness (QED) is 0.772. The third kappa shape index (κ3) is 4.29. The Kier molecular flexibility index (Phi) is 5.06. The van der Waals surface area contributed by atoms with Crippen LogP contribution in [-0.2, 0) is 6.54 Å². The van der Waals surface area contributed by atoms with Crippen LogP contribution < -0.4 is 5.32 Å². The molecule has 0 saturated carbocycles. The number of aliphatic hydroxyl groups is 1. The molecule has 5 heteroatoms. The molecular formula is C8H11Cl2NOS. The van der Waals surface area contributed by atoms with Gasteiger partial charge in [-0.1, -0.05) is 11.6 Å². The van der Waals surface area contributed by atoms with Crippen molar-refractivity contribution in [2.24, 2.45) is 0 Å². The molecule has 2 N–H and O–H groups in total. The van der Waals surface area contributed by atoms with Crippen LogP contribution in [-0.4, -0.2) is 23.6 Å². The Labute approximate surface area is 91.5 Å². The SMILES string of the molecule is O[C@H](CCl)CNCc1ccc(Cl)s1. The van der Waals surface area contributed by atoms with Crippen molar-refractivity contribution in [2.45, 2.75) is 12.6 Å². The summed E-state index contributed by atoms with van der Waals surface area (Å²) in [5, 5.41) is 12.2. The number of alkyl halides is 1. The number of nitrogens with one attached hydrogen (secondary N) is 1. The van der Waals surface area contributed by atoms with Gasteiger partial charge in [-0.2, -0.15) is 0 Å². The predicted octanol–water partition coefficient (Wildman–Crippen LogP) is 2.09. The molecule has 0 saturated heterocycles. The lowest BCUT2D eigenvalue weighted by molar-refractivity contribution is 0.194. The minimum absolute atomic E-state index is 0.262. The van der Waals surface area contributed by atoms with E-state index in [4.69, 9.17) is 28.3 Å². The highest BCUT2D eigenvalue weighted by molar-refractivity contribution is 7.16. The van der Waals surface area contributed by atoms with E-state index >= 15 is 0 Å². The second-order valence-electron chi connectivity index (χ2n) is 2.64. The Bertz CT molecular complexity index is 254. The molecule has 1 aromatic rings. The lowest BCUT2D eigenvalue weighted by atomic mass is 10.4. The van der Waals surface area contributed by atoms with Crippen LogP contribution >= 0.6 is 34.5 Å². The summed E-state index contributed by atoms with van der Waals surface area (Å²) in [5.74, 6) is 0.262. The normalized spacial score (nSPS) is 13.2. The first-order valence-corrected chi connectivity index (χ1v) is 5.64. The van der Waals surface area contributed by atoms with E-state index in [2.05, 4.69) is 5.32 Å². The highest BCUT2D eigenvalue weighted by Crippen LogP contribution is 2.20. The molecule has 1 aromatic heterocycles. The highest BCUT2D eigenvalue weighted by Gasteiger charge is 2.01.